The Hall–Kier alpha value is -6.62. The van der Waals surface area contributed by atoms with Crippen molar-refractivity contribution < 1.29 is 0 Å². The van der Waals surface area contributed by atoms with E-state index in [1.807, 2.05) is 0 Å². The third kappa shape index (κ3) is 4.22. The van der Waals surface area contributed by atoms with E-state index < -0.39 is 0 Å². The molecule has 0 radical (unpaired) electrons. The van der Waals surface area contributed by atoms with Crippen LogP contribution >= 0.6 is 0 Å². The molecule has 12 aromatic rings. The summed E-state index contributed by atoms with van der Waals surface area (Å²) < 4.78 is 5.54. The van der Waals surface area contributed by atoms with E-state index in [9.17, 15) is 5.26 Å². The molecule has 4 nitrogen and oxygen atoms in total. The van der Waals surface area contributed by atoms with Gasteiger partial charge in [-0.05, 0) is 305 Å². The van der Waals surface area contributed by atoms with Crippen molar-refractivity contribution in [3.8, 4) is 6.07 Å². The molecule has 0 amide bonds. The van der Waals surface area contributed by atoms with Gasteiger partial charge in [-0.3, -0.25) is 0 Å². The van der Waals surface area contributed by atoms with Crippen molar-refractivity contribution in [3.05, 3.63) is 122 Å². The first-order chi connectivity index (χ1) is 39.0. The van der Waals surface area contributed by atoms with Crippen LogP contribution in [0.3, 0.4) is 0 Å². The van der Waals surface area contributed by atoms with E-state index >= 15 is 0 Å². The molecule has 13 aliphatic carbocycles. The molecule has 0 saturated heterocycles. The summed E-state index contributed by atoms with van der Waals surface area (Å²) in [6.07, 6.45) is 22.8. The topological polar surface area (TPSA) is 37.0 Å². The Labute approximate surface area is 457 Å². The summed E-state index contributed by atoms with van der Waals surface area (Å²) in [7, 11) is 0. The Kier molecular flexibility index (Phi) is 6.55. The predicted molar refractivity (Wildman–Crippen MR) is 319 cm³/mol. The lowest BCUT2D eigenvalue weighted by Gasteiger charge is -2.38. The standard InChI is InChI=1S/C75H60N4/c1-77-53-28-57-72(60-42-20-34-15-38(26-42)51(22-34)64(53)60)68-48-4-3-47-63-49(5-2-46(62(48)63)66-70-54(79(57)74(66)68)8-6-44-35-11-30-10-31(12-35)18-40(17-30)59(44)70)69-73-56(27-43(29-76)58-41-19-33-16-39(25-41)52(23-33)65(58)73)78-55-9-7-45-36-13-32-14-37(24-36)50(21-32)61(45)71(55)67(47)75(69)78/h2-9,27-28,30-42,50-52H,10-26H2. The van der Waals surface area contributed by atoms with Crippen molar-refractivity contribution in [1.29, 1.82) is 5.26 Å². The zero-order chi connectivity index (χ0) is 50.2. The maximum atomic E-state index is 11.4. The molecule has 13 aliphatic rings. The molecule has 380 valence electrons. The van der Waals surface area contributed by atoms with Crippen LogP contribution in [0.4, 0.5) is 5.69 Å². The van der Waals surface area contributed by atoms with E-state index in [0.29, 0.717) is 47.3 Å². The Bertz CT molecular complexity index is 5100. The molecule has 79 heavy (non-hydrogen) atoms. The molecule has 4 aromatic heterocycles. The SMILES string of the molecule is [C-]#[N+]c1cc2c(c3c1C1CC4CC3CC1C4)c1c3ccc4c5c(ccc(c35)c3c5c6c(ccc5n2c31)C1CC2CC(C1)CC6C2)c1c2c3c(c(C#N)cc2n2c5ccc6c(c5c4c12)C1CC2CC6CC1C2)C1CC2CC(C1)C3C2. The Morgan fingerprint density at radius 3 is 1.37 bits per heavy atom. The van der Waals surface area contributed by atoms with Crippen molar-refractivity contribution in [2.24, 2.45) is 47.3 Å². The normalized spacial score (nSPS) is 35.5. The number of rotatable bonds is 0. The highest BCUT2D eigenvalue weighted by Crippen LogP contribution is 2.69. The fraction of sp³-hybridized carbons (Fsp3) is 0.440. The van der Waals surface area contributed by atoms with Crippen LogP contribution in [0.1, 0.15) is 207 Å². The van der Waals surface area contributed by atoms with Crippen LogP contribution in [0, 0.1) is 65.2 Å². The number of fused-ring (bicyclic) bond motifs is 34. The van der Waals surface area contributed by atoms with E-state index in [4.69, 9.17) is 6.57 Å². The van der Waals surface area contributed by atoms with Gasteiger partial charge in [0, 0.05) is 48.6 Å². The number of hydrogen-bond donors (Lipinski definition) is 0. The molecule has 8 fully saturated rings. The van der Waals surface area contributed by atoms with Gasteiger partial charge >= 0.3 is 0 Å². The van der Waals surface area contributed by atoms with Gasteiger partial charge in [0.15, 0.2) is 5.69 Å². The van der Waals surface area contributed by atoms with E-state index in [2.05, 4.69) is 80.4 Å². The molecular weight excluding hydrogens is 957 g/mol. The summed E-state index contributed by atoms with van der Waals surface area (Å²) in [6.45, 7) is 8.99. The van der Waals surface area contributed by atoms with Crippen molar-refractivity contribution in [1.82, 2.24) is 8.80 Å². The molecule has 0 aliphatic heterocycles. The number of hydrogen-bond acceptors (Lipinski definition) is 1. The number of nitrogens with zero attached hydrogens (tertiary/aromatic N) is 4. The lowest BCUT2D eigenvalue weighted by molar-refractivity contribution is 0.166. The maximum absolute atomic E-state index is 11.4. The molecule has 13 bridgehead atoms. The molecule has 14 unspecified atom stereocenters. The van der Waals surface area contributed by atoms with Crippen molar-refractivity contribution in [2.75, 3.05) is 0 Å². The fourth-order valence-electron chi connectivity index (χ4n) is 25.9. The van der Waals surface area contributed by atoms with E-state index in [1.165, 1.54) is 218 Å². The average molecular weight is 1020 g/mol. The quantitative estimate of drug-likeness (QED) is 0.110. The average Bonchev–Trinajstić information content (AvgIpc) is 2.17. The Balaban J connectivity index is 0.957. The minimum atomic E-state index is 0.497. The van der Waals surface area contributed by atoms with Crippen LogP contribution in [-0.4, -0.2) is 8.80 Å². The second-order valence-corrected chi connectivity index (χ2v) is 30.3. The molecular formula is C75H60N4. The van der Waals surface area contributed by atoms with Crippen LogP contribution in [0.15, 0.2) is 60.7 Å². The zero-order valence-electron chi connectivity index (χ0n) is 44.8. The molecule has 0 N–H and O–H groups in total. The van der Waals surface area contributed by atoms with Gasteiger partial charge in [0.25, 0.3) is 0 Å². The van der Waals surface area contributed by atoms with Crippen molar-refractivity contribution in [2.45, 2.75) is 156 Å². The van der Waals surface area contributed by atoms with E-state index in [-0.39, 0.29) is 0 Å². The molecule has 4 heteroatoms. The fourth-order valence-corrected chi connectivity index (χ4v) is 25.9. The summed E-state index contributed by atoms with van der Waals surface area (Å²) in [6, 6.07) is 28.8. The van der Waals surface area contributed by atoms with Crippen molar-refractivity contribution in [3.63, 3.8) is 0 Å². The van der Waals surface area contributed by atoms with Crippen LogP contribution in [0.2, 0.25) is 0 Å². The molecule has 0 spiro atoms. The molecule has 14 atom stereocenters. The second kappa shape index (κ2) is 12.8. The third-order valence-corrected chi connectivity index (χ3v) is 27.5. The lowest BCUT2D eigenvalue weighted by atomic mass is 9.66. The van der Waals surface area contributed by atoms with Gasteiger partial charge < -0.3 is 8.80 Å². The van der Waals surface area contributed by atoms with Gasteiger partial charge in [0.1, 0.15) is 0 Å². The van der Waals surface area contributed by atoms with Crippen LogP contribution in [0.25, 0.3) is 113 Å². The van der Waals surface area contributed by atoms with Crippen LogP contribution in [0.5, 0.6) is 0 Å². The van der Waals surface area contributed by atoms with E-state index in [1.54, 1.807) is 44.2 Å². The highest BCUT2D eigenvalue weighted by atomic mass is 14.9. The van der Waals surface area contributed by atoms with Gasteiger partial charge in [-0.1, -0.05) is 36.4 Å². The summed E-state index contributed by atoms with van der Waals surface area (Å²) >= 11 is 0. The minimum Gasteiger partial charge on any atom is -0.309 e. The Morgan fingerprint density at radius 1 is 0.367 bits per heavy atom. The summed E-state index contributed by atoms with van der Waals surface area (Å²) in [4.78, 5) is 4.57. The summed E-state index contributed by atoms with van der Waals surface area (Å²) in [5.74, 6) is 11.0. The highest BCUT2D eigenvalue weighted by Gasteiger charge is 2.53. The number of nitriles is 1. The lowest BCUT2D eigenvalue weighted by Crippen LogP contribution is -2.25. The first kappa shape index (κ1) is 40.5. The Morgan fingerprint density at radius 2 is 0.797 bits per heavy atom. The number of aromatic nitrogens is 2. The van der Waals surface area contributed by atoms with Crippen LogP contribution < -0.4 is 0 Å². The van der Waals surface area contributed by atoms with Crippen LogP contribution in [-0.2, 0) is 0 Å². The maximum Gasteiger partial charge on any atom is 0.193 e. The molecule has 25 rings (SSSR count). The first-order valence-corrected chi connectivity index (χ1v) is 32.0. The van der Waals surface area contributed by atoms with Gasteiger partial charge in [0.05, 0.1) is 45.8 Å². The zero-order valence-corrected chi connectivity index (χ0v) is 44.8. The van der Waals surface area contributed by atoms with Gasteiger partial charge in [-0.25, -0.2) is 4.85 Å². The minimum absolute atomic E-state index is 0.497. The summed E-state index contributed by atoms with van der Waals surface area (Å²) in [5, 5.41) is 32.4. The first-order valence-electron chi connectivity index (χ1n) is 32.0. The predicted octanol–water partition coefficient (Wildman–Crippen LogP) is 19.7. The largest absolute Gasteiger partial charge is 0.309 e. The molecule has 8 saturated carbocycles. The van der Waals surface area contributed by atoms with E-state index in [0.717, 1.165) is 58.6 Å². The monoisotopic (exact) mass is 1020 g/mol. The van der Waals surface area contributed by atoms with Gasteiger partial charge in [-0.2, -0.15) is 5.26 Å². The molecule has 8 aromatic carbocycles. The molecule has 4 heterocycles. The third-order valence-electron chi connectivity index (χ3n) is 27.5. The van der Waals surface area contributed by atoms with Gasteiger partial charge in [0.2, 0.25) is 0 Å². The van der Waals surface area contributed by atoms with Gasteiger partial charge in [-0.15, -0.1) is 0 Å². The second-order valence-electron chi connectivity index (χ2n) is 30.3. The smallest absolute Gasteiger partial charge is 0.193 e. The number of benzene rings is 8. The van der Waals surface area contributed by atoms with Crippen molar-refractivity contribution >= 4 is 114 Å². The summed E-state index contributed by atoms with van der Waals surface area (Å²) in [5.41, 5.74) is 23.1. The highest BCUT2D eigenvalue weighted by molar-refractivity contribution is 6.48.